The average molecular weight is 334 g/mol. The van der Waals surface area contributed by atoms with Crippen LogP contribution in [0.15, 0.2) is 24.3 Å². The van der Waals surface area contributed by atoms with Gasteiger partial charge in [0.1, 0.15) is 0 Å². The zero-order chi connectivity index (χ0) is 16.7. The molecule has 126 valence electrons. The van der Waals surface area contributed by atoms with E-state index in [1.807, 2.05) is 24.3 Å². The molecule has 5 heteroatoms. The van der Waals surface area contributed by atoms with Crippen molar-refractivity contribution in [3.8, 4) is 0 Å². The molecule has 1 aromatic carbocycles. The number of rotatable bonds is 7. The molecule has 0 aliphatic heterocycles. The first-order chi connectivity index (χ1) is 11.1. The molecule has 1 saturated carbocycles. The van der Waals surface area contributed by atoms with Crippen LogP contribution in [0.3, 0.4) is 0 Å². The van der Waals surface area contributed by atoms with Gasteiger partial charge in [-0.3, -0.25) is 9.59 Å². The van der Waals surface area contributed by atoms with Crippen LogP contribution >= 0.6 is 11.8 Å². The molecule has 1 aliphatic rings. The van der Waals surface area contributed by atoms with E-state index in [9.17, 15) is 9.59 Å². The molecule has 0 aromatic heterocycles. The third-order valence-corrected chi connectivity index (χ3v) is 5.58. The van der Waals surface area contributed by atoms with E-state index >= 15 is 0 Å². The number of anilines is 1. The van der Waals surface area contributed by atoms with Gasteiger partial charge in [0.05, 0.1) is 12.3 Å². The van der Waals surface area contributed by atoms with Gasteiger partial charge in [-0.05, 0) is 30.9 Å². The number of nitrogens with zero attached hydrogens (tertiary/aromatic N) is 1. The molecule has 2 amide bonds. The maximum Gasteiger partial charge on any atom is 0.243 e. The van der Waals surface area contributed by atoms with Crippen molar-refractivity contribution >= 4 is 29.3 Å². The molecule has 1 N–H and O–H groups in total. The van der Waals surface area contributed by atoms with Gasteiger partial charge in [-0.15, -0.1) is 11.8 Å². The molecule has 0 spiro atoms. The van der Waals surface area contributed by atoms with Crippen molar-refractivity contribution in [2.75, 3.05) is 24.7 Å². The second-order valence-electron chi connectivity index (χ2n) is 6.03. The first kappa shape index (κ1) is 17.9. The van der Waals surface area contributed by atoms with E-state index in [4.69, 9.17) is 0 Å². The molecular formula is C18H26N2O2S. The molecule has 23 heavy (non-hydrogen) atoms. The molecule has 1 aliphatic carbocycles. The van der Waals surface area contributed by atoms with Gasteiger partial charge in [0.2, 0.25) is 11.8 Å². The lowest BCUT2D eigenvalue weighted by molar-refractivity contribution is -0.131. The van der Waals surface area contributed by atoms with E-state index in [1.165, 1.54) is 30.6 Å². The zero-order valence-corrected chi connectivity index (χ0v) is 14.8. The Kier molecular flexibility index (Phi) is 6.96. The quantitative estimate of drug-likeness (QED) is 0.832. The van der Waals surface area contributed by atoms with E-state index in [0.717, 1.165) is 17.7 Å². The van der Waals surface area contributed by atoms with Gasteiger partial charge in [0.25, 0.3) is 0 Å². The number of carbonyl (C=O) groups is 2. The van der Waals surface area contributed by atoms with Crippen molar-refractivity contribution in [1.82, 2.24) is 4.90 Å². The monoisotopic (exact) mass is 334 g/mol. The molecule has 4 nitrogen and oxygen atoms in total. The van der Waals surface area contributed by atoms with Crippen LogP contribution in [0.1, 0.15) is 38.2 Å². The number of aryl methyl sites for hydroxylation is 1. The topological polar surface area (TPSA) is 49.4 Å². The summed E-state index contributed by atoms with van der Waals surface area (Å²) >= 11 is 1.73. The number of hydrogen-bond donors (Lipinski definition) is 1. The minimum atomic E-state index is -0.146. The third kappa shape index (κ3) is 5.57. The molecule has 0 bridgehead atoms. The predicted octanol–water partition coefficient (Wildman–Crippen LogP) is 3.32. The van der Waals surface area contributed by atoms with Crippen LogP contribution in [0.2, 0.25) is 0 Å². The Bertz CT molecular complexity index is 542. The largest absolute Gasteiger partial charge is 0.336 e. The third-order valence-electron chi connectivity index (χ3n) is 4.22. The fraction of sp³-hybridized carbons (Fsp3) is 0.556. The van der Waals surface area contributed by atoms with Crippen LogP contribution in [-0.2, 0) is 16.0 Å². The Morgan fingerprint density at radius 2 is 1.96 bits per heavy atom. The van der Waals surface area contributed by atoms with E-state index in [0.29, 0.717) is 11.0 Å². The SMILES string of the molecule is CCc1ccccc1NC(=O)CN(C)C(=O)CSC1CCCC1. The molecule has 0 unspecified atom stereocenters. The Hall–Kier alpha value is -1.49. The summed E-state index contributed by atoms with van der Waals surface area (Å²) in [4.78, 5) is 25.8. The van der Waals surface area contributed by atoms with E-state index in [2.05, 4.69) is 12.2 Å². The Morgan fingerprint density at radius 1 is 1.26 bits per heavy atom. The van der Waals surface area contributed by atoms with Gasteiger partial charge in [-0.1, -0.05) is 38.0 Å². The first-order valence-corrected chi connectivity index (χ1v) is 9.38. The Labute approximate surface area is 143 Å². The summed E-state index contributed by atoms with van der Waals surface area (Å²) in [6, 6.07) is 7.77. The van der Waals surface area contributed by atoms with Crippen molar-refractivity contribution < 1.29 is 9.59 Å². The highest BCUT2D eigenvalue weighted by atomic mass is 32.2. The van der Waals surface area contributed by atoms with E-state index in [1.54, 1.807) is 18.8 Å². The van der Waals surface area contributed by atoms with Gasteiger partial charge < -0.3 is 10.2 Å². The highest BCUT2D eigenvalue weighted by Gasteiger charge is 2.19. The van der Waals surface area contributed by atoms with E-state index in [-0.39, 0.29) is 18.4 Å². The molecule has 1 aromatic rings. The van der Waals surface area contributed by atoms with Crippen molar-refractivity contribution in [3.05, 3.63) is 29.8 Å². The minimum absolute atomic E-state index is 0.0285. The second-order valence-corrected chi connectivity index (χ2v) is 7.31. The number of benzene rings is 1. The number of nitrogens with one attached hydrogen (secondary N) is 1. The lowest BCUT2D eigenvalue weighted by Crippen LogP contribution is -2.36. The summed E-state index contributed by atoms with van der Waals surface area (Å²) in [6.07, 6.45) is 5.86. The molecule has 1 fully saturated rings. The standard InChI is InChI=1S/C18H26N2O2S/c1-3-14-8-4-7-11-16(14)19-17(21)12-20(2)18(22)13-23-15-9-5-6-10-15/h4,7-8,11,15H,3,5-6,9-10,12-13H2,1-2H3,(H,19,21). The Morgan fingerprint density at radius 3 is 2.65 bits per heavy atom. The summed E-state index contributed by atoms with van der Waals surface area (Å²) in [7, 11) is 1.70. The second kappa shape index (κ2) is 8.96. The van der Waals surface area contributed by atoms with Crippen molar-refractivity contribution in [3.63, 3.8) is 0 Å². The highest BCUT2D eigenvalue weighted by Crippen LogP contribution is 2.29. The first-order valence-electron chi connectivity index (χ1n) is 8.33. The summed E-state index contributed by atoms with van der Waals surface area (Å²) in [5, 5.41) is 3.53. The molecule has 0 radical (unpaired) electrons. The maximum absolute atomic E-state index is 12.1. The number of likely N-dealkylation sites (N-methyl/N-ethyl adjacent to an activating group) is 1. The fourth-order valence-electron chi connectivity index (χ4n) is 2.80. The van der Waals surface area contributed by atoms with Crippen molar-refractivity contribution in [1.29, 1.82) is 0 Å². The van der Waals surface area contributed by atoms with Gasteiger partial charge >= 0.3 is 0 Å². The summed E-state index contributed by atoms with van der Waals surface area (Å²) < 4.78 is 0. The molecular weight excluding hydrogens is 308 g/mol. The average Bonchev–Trinajstić information content (AvgIpc) is 3.06. The van der Waals surface area contributed by atoms with Crippen LogP contribution in [0.4, 0.5) is 5.69 Å². The minimum Gasteiger partial charge on any atom is -0.336 e. The van der Waals surface area contributed by atoms with Crippen LogP contribution in [0.5, 0.6) is 0 Å². The van der Waals surface area contributed by atoms with E-state index < -0.39 is 0 Å². The van der Waals surface area contributed by atoms with Gasteiger partial charge in [0, 0.05) is 18.0 Å². The van der Waals surface area contributed by atoms with Crippen LogP contribution in [0.25, 0.3) is 0 Å². The number of thioether (sulfide) groups is 1. The van der Waals surface area contributed by atoms with Gasteiger partial charge in [-0.25, -0.2) is 0 Å². The number of carbonyl (C=O) groups excluding carboxylic acids is 2. The zero-order valence-electron chi connectivity index (χ0n) is 14.0. The lowest BCUT2D eigenvalue weighted by atomic mass is 10.1. The van der Waals surface area contributed by atoms with Crippen molar-refractivity contribution in [2.24, 2.45) is 0 Å². The fourth-order valence-corrected chi connectivity index (χ4v) is 4.06. The molecule has 0 saturated heterocycles. The summed E-state index contributed by atoms with van der Waals surface area (Å²) in [6.45, 7) is 2.16. The molecule has 0 atom stereocenters. The maximum atomic E-state index is 12.1. The molecule has 2 rings (SSSR count). The van der Waals surface area contributed by atoms with Crippen LogP contribution in [-0.4, -0.2) is 41.3 Å². The highest BCUT2D eigenvalue weighted by molar-refractivity contribution is 8.00. The normalized spacial score (nSPS) is 14.7. The van der Waals surface area contributed by atoms with Gasteiger partial charge in [-0.2, -0.15) is 0 Å². The number of para-hydroxylation sites is 1. The summed E-state index contributed by atoms with van der Waals surface area (Å²) in [5.74, 6) is 0.355. The molecule has 0 heterocycles. The summed E-state index contributed by atoms with van der Waals surface area (Å²) in [5.41, 5.74) is 1.94. The Balaban J connectivity index is 1.78. The lowest BCUT2D eigenvalue weighted by Gasteiger charge is -2.18. The number of hydrogen-bond acceptors (Lipinski definition) is 3. The smallest absolute Gasteiger partial charge is 0.243 e. The predicted molar refractivity (Wildman–Crippen MR) is 96.8 cm³/mol. The van der Waals surface area contributed by atoms with Crippen LogP contribution < -0.4 is 5.32 Å². The van der Waals surface area contributed by atoms with Crippen LogP contribution in [0, 0.1) is 0 Å². The number of amides is 2. The van der Waals surface area contributed by atoms with Crippen molar-refractivity contribution in [2.45, 2.75) is 44.3 Å². The van der Waals surface area contributed by atoms with Gasteiger partial charge in [0.15, 0.2) is 0 Å².